The average molecular weight is 321 g/mol. The lowest BCUT2D eigenvalue weighted by molar-refractivity contribution is -0.129. The molecule has 23 heavy (non-hydrogen) atoms. The molecule has 0 saturated carbocycles. The van der Waals surface area contributed by atoms with Gasteiger partial charge in [-0.05, 0) is 26.8 Å². The van der Waals surface area contributed by atoms with Crippen LogP contribution in [0.1, 0.15) is 26.3 Å². The van der Waals surface area contributed by atoms with Crippen molar-refractivity contribution < 1.29 is 19.1 Å². The molecule has 2 N–H and O–H groups in total. The van der Waals surface area contributed by atoms with Crippen molar-refractivity contribution >= 4 is 17.7 Å². The molecule has 1 fully saturated rings. The van der Waals surface area contributed by atoms with Crippen LogP contribution in [0.25, 0.3) is 0 Å². The zero-order valence-corrected chi connectivity index (χ0v) is 13.7. The lowest BCUT2D eigenvalue weighted by Gasteiger charge is -2.35. The Bertz CT molecular complexity index is 583. The van der Waals surface area contributed by atoms with Crippen molar-refractivity contribution in [3.05, 3.63) is 23.9 Å². The number of carbonyl (C=O) groups is 2. The summed E-state index contributed by atoms with van der Waals surface area (Å²) in [6.07, 6.45) is 1.17. The molecule has 1 saturated heterocycles. The minimum atomic E-state index is -0.668. The molecule has 7 nitrogen and oxygen atoms in total. The summed E-state index contributed by atoms with van der Waals surface area (Å²) in [5, 5.41) is 0. The number of Topliss-reactive ketones (excluding diaryl/α,β-unsaturated/α-hetero) is 1. The number of ketones is 1. The van der Waals surface area contributed by atoms with Crippen LogP contribution in [0, 0.1) is 0 Å². The summed E-state index contributed by atoms with van der Waals surface area (Å²) in [4.78, 5) is 30.3. The summed E-state index contributed by atoms with van der Waals surface area (Å²) in [5.74, 6) is 0.177. The highest BCUT2D eigenvalue weighted by atomic mass is 16.6. The maximum absolute atomic E-state index is 12.6. The third-order valence-electron chi connectivity index (χ3n) is 3.42. The maximum atomic E-state index is 12.6. The normalized spacial score (nSPS) is 18.6. The number of hydrogen-bond acceptors (Lipinski definition) is 6. The van der Waals surface area contributed by atoms with E-state index in [-0.39, 0.29) is 18.8 Å². The number of nitrogen functional groups attached to an aromatic ring is 1. The van der Waals surface area contributed by atoms with Gasteiger partial charge in [0.15, 0.2) is 5.78 Å². The molecule has 1 amide bonds. The van der Waals surface area contributed by atoms with Gasteiger partial charge in [0, 0.05) is 24.7 Å². The van der Waals surface area contributed by atoms with Crippen LogP contribution in [-0.2, 0) is 20.7 Å². The molecule has 1 aliphatic rings. The number of amides is 1. The van der Waals surface area contributed by atoms with E-state index in [1.54, 1.807) is 39.1 Å². The Labute approximate surface area is 135 Å². The SMILES string of the molecule is CC(C)(C)OC(=O)N1CCOCC1C(=O)Cc1cccnc1N. The topological polar surface area (TPSA) is 94.7 Å². The Balaban J connectivity index is 2.10. The lowest BCUT2D eigenvalue weighted by atomic mass is 10.0. The minimum Gasteiger partial charge on any atom is -0.444 e. The lowest BCUT2D eigenvalue weighted by Crippen LogP contribution is -2.54. The van der Waals surface area contributed by atoms with Gasteiger partial charge in [0.2, 0.25) is 0 Å². The van der Waals surface area contributed by atoms with Crippen molar-refractivity contribution in [3.63, 3.8) is 0 Å². The highest BCUT2D eigenvalue weighted by molar-refractivity contribution is 5.90. The first-order valence-corrected chi connectivity index (χ1v) is 7.57. The predicted molar refractivity (Wildman–Crippen MR) is 84.9 cm³/mol. The van der Waals surface area contributed by atoms with E-state index in [0.29, 0.717) is 24.5 Å². The Kier molecular flexibility index (Phi) is 5.20. The maximum Gasteiger partial charge on any atom is 0.411 e. The van der Waals surface area contributed by atoms with E-state index in [0.717, 1.165) is 0 Å². The molecule has 1 atom stereocenters. The number of morpholine rings is 1. The molecule has 1 unspecified atom stereocenters. The van der Waals surface area contributed by atoms with Crippen molar-refractivity contribution in [2.75, 3.05) is 25.5 Å². The van der Waals surface area contributed by atoms with E-state index in [2.05, 4.69) is 4.98 Å². The highest BCUT2D eigenvalue weighted by Gasteiger charge is 2.35. The Morgan fingerprint density at radius 1 is 1.48 bits per heavy atom. The number of anilines is 1. The van der Waals surface area contributed by atoms with Crippen molar-refractivity contribution in [1.29, 1.82) is 0 Å². The summed E-state index contributed by atoms with van der Waals surface area (Å²) in [7, 11) is 0. The number of nitrogens with two attached hydrogens (primary N) is 1. The van der Waals surface area contributed by atoms with Gasteiger partial charge < -0.3 is 15.2 Å². The van der Waals surface area contributed by atoms with Crippen molar-refractivity contribution in [2.45, 2.75) is 38.8 Å². The predicted octanol–water partition coefficient (Wildman–Crippen LogP) is 1.41. The van der Waals surface area contributed by atoms with Crippen LogP contribution in [0.3, 0.4) is 0 Å². The summed E-state index contributed by atoms with van der Waals surface area (Å²) < 4.78 is 10.7. The standard InChI is InChI=1S/C16H23N3O4/c1-16(2,3)23-15(21)19-7-8-22-10-12(19)13(20)9-11-5-4-6-18-14(11)17/h4-6,12H,7-10H2,1-3H3,(H2,17,18). The van der Waals surface area contributed by atoms with Crippen LogP contribution in [-0.4, -0.2) is 53.2 Å². The molecule has 0 bridgehead atoms. The molecule has 2 rings (SSSR count). The third kappa shape index (κ3) is 4.66. The molecular formula is C16H23N3O4. The monoisotopic (exact) mass is 321 g/mol. The third-order valence-corrected chi connectivity index (χ3v) is 3.42. The fourth-order valence-electron chi connectivity index (χ4n) is 2.32. The largest absolute Gasteiger partial charge is 0.444 e. The first-order valence-electron chi connectivity index (χ1n) is 7.57. The second-order valence-corrected chi connectivity index (χ2v) is 6.46. The van der Waals surface area contributed by atoms with Gasteiger partial charge in [0.05, 0.1) is 13.2 Å². The molecule has 1 aromatic heterocycles. The Morgan fingerprint density at radius 2 is 2.22 bits per heavy atom. The molecule has 1 aromatic rings. The second kappa shape index (κ2) is 6.95. The number of hydrogen-bond donors (Lipinski definition) is 1. The molecule has 2 heterocycles. The van der Waals surface area contributed by atoms with Gasteiger partial charge in [-0.2, -0.15) is 0 Å². The number of aromatic nitrogens is 1. The van der Waals surface area contributed by atoms with Gasteiger partial charge >= 0.3 is 6.09 Å². The summed E-state index contributed by atoms with van der Waals surface area (Å²) in [6, 6.07) is 2.81. The van der Waals surface area contributed by atoms with Crippen LogP contribution < -0.4 is 5.73 Å². The minimum absolute atomic E-state index is 0.104. The molecule has 0 spiro atoms. The number of rotatable bonds is 3. The molecule has 0 aliphatic carbocycles. The average Bonchev–Trinajstić information content (AvgIpc) is 2.48. The fourth-order valence-corrected chi connectivity index (χ4v) is 2.32. The van der Waals surface area contributed by atoms with Gasteiger partial charge in [-0.25, -0.2) is 9.78 Å². The fraction of sp³-hybridized carbons (Fsp3) is 0.562. The van der Waals surface area contributed by atoms with Crippen LogP contribution in [0.4, 0.5) is 10.6 Å². The van der Waals surface area contributed by atoms with E-state index >= 15 is 0 Å². The zero-order valence-electron chi connectivity index (χ0n) is 13.7. The molecule has 126 valence electrons. The van der Waals surface area contributed by atoms with Crippen LogP contribution >= 0.6 is 0 Å². The van der Waals surface area contributed by atoms with E-state index < -0.39 is 17.7 Å². The van der Waals surface area contributed by atoms with Crippen LogP contribution in [0.2, 0.25) is 0 Å². The van der Waals surface area contributed by atoms with E-state index in [1.807, 2.05) is 0 Å². The first-order chi connectivity index (χ1) is 10.8. The van der Waals surface area contributed by atoms with Crippen molar-refractivity contribution in [1.82, 2.24) is 9.88 Å². The Hall–Kier alpha value is -2.15. The zero-order chi connectivity index (χ0) is 17.0. The molecular weight excluding hydrogens is 298 g/mol. The Morgan fingerprint density at radius 3 is 2.87 bits per heavy atom. The number of carbonyl (C=O) groups excluding carboxylic acids is 2. The summed E-state index contributed by atoms with van der Waals surface area (Å²) in [6.45, 7) is 6.25. The quantitative estimate of drug-likeness (QED) is 0.904. The number of pyridine rings is 1. The van der Waals surface area contributed by atoms with Gasteiger partial charge in [-0.3, -0.25) is 9.69 Å². The molecule has 7 heteroatoms. The van der Waals surface area contributed by atoms with Gasteiger partial charge in [-0.1, -0.05) is 6.07 Å². The second-order valence-electron chi connectivity index (χ2n) is 6.46. The van der Waals surface area contributed by atoms with Gasteiger partial charge in [0.1, 0.15) is 17.5 Å². The van der Waals surface area contributed by atoms with Crippen molar-refractivity contribution in [3.8, 4) is 0 Å². The first kappa shape index (κ1) is 17.2. The highest BCUT2D eigenvalue weighted by Crippen LogP contribution is 2.17. The molecule has 0 aromatic carbocycles. The summed E-state index contributed by atoms with van der Waals surface area (Å²) in [5.41, 5.74) is 5.81. The number of nitrogens with zero attached hydrogens (tertiary/aromatic N) is 2. The van der Waals surface area contributed by atoms with E-state index in [1.165, 1.54) is 4.90 Å². The van der Waals surface area contributed by atoms with Crippen LogP contribution in [0.15, 0.2) is 18.3 Å². The molecule has 1 aliphatic heterocycles. The van der Waals surface area contributed by atoms with Crippen molar-refractivity contribution in [2.24, 2.45) is 0 Å². The van der Waals surface area contributed by atoms with Gasteiger partial charge in [-0.15, -0.1) is 0 Å². The van der Waals surface area contributed by atoms with E-state index in [4.69, 9.17) is 15.2 Å². The van der Waals surface area contributed by atoms with Gasteiger partial charge in [0.25, 0.3) is 0 Å². The smallest absolute Gasteiger partial charge is 0.411 e. The van der Waals surface area contributed by atoms with Crippen LogP contribution in [0.5, 0.6) is 0 Å². The number of ether oxygens (including phenoxy) is 2. The molecule has 0 radical (unpaired) electrons. The summed E-state index contributed by atoms with van der Waals surface area (Å²) >= 11 is 0. The van der Waals surface area contributed by atoms with E-state index in [9.17, 15) is 9.59 Å².